The van der Waals surface area contributed by atoms with Gasteiger partial charge in [0, 0.05) is 36.6 Å². The Bertz CT molecular complexity index is 1320. The molecule has 1 aliphatic carbocycles. The molecule has 5 rings (SSSR count). The number of rotatable bonds is 4. The monoisotopic (exact) mass is 507 g/mol. The maximum atomic E-state index is 14.9. The van der Waals surface area contributed by atoms with Gasteiger partial charge in [0.15, 0.2) is 0 Å². The summed E-state index contributed by atoms with van der Waals surface area (Å²) in [5.41, 5.74) is 2.90. The number of hydrogen-bond acceptors (Lipinski definition) is 4. The third-order valence-electron chi connectivity index (χ3n) is 6.72. The van der Waals surface area contributed by atoms with E-state index in [1.807, 2.05) is 36.9 Å². The van der Waals surface area contributed by atoms with Crippen LogP contribution >= 0.6 is 11.8 Å². The number of carbonyl (C=O) groups excluding carboxylic acids is 1. The lowest BCUT2D eigenvalue weighted by molar-refractivity contribution is 0.0854. The fourth-order valence-electron chi connectivity index (χ4n) is 4.78. The molecule has 1 aliphatic heterocycles. The summed E-state index contributed by atoms with van der Waals surface area (Å²) in [5.74, 6) is 1.23. The minimum Gasteiger partial charge on any atom is -0.390 e. The molecule has 2 N–H and O–H groups in total. The molecule has 2 aliphatic rings. The topological polar surface area (TPSA) is 64.9 Å². The predicted octanol–water partition coefficient (Wildman–Crippen LogP) is 5.12. The van der Waals surface area contributed by atoms with E-state index < -0.39 is 29.7 Å². The summed E-state index contributed by atoms with van der Waals surface area (Å²) in [7, 11) is 0. The summed E-state index contributed by atoms with van der Waals surface area (Å²) >= 11 is 1.94. The van der Waals surface area contributed by atoms with Gasteiger partial charge in [-0.25, -0.2) is 13.8 Å². The number of aliphatic hydroxyl groups is 1. The molecule has 0 unspecified atom stereocenters. The molecule has 1 amide bonds. The largest absolute Gasteiger partial charge is 0.390 e. The van der Waals surface area contributed by atoms with Crippen LogP contribution in [0, 0.1) is 11.6 Å². The molecule has 1 heterocycles. The second-order valence-electron chi connectivity index (χ2n) is 9.04. The molecule has 8 heteroatoms. The number of aliphatic imine (C=N–C) groups is 1. The maximum absolute atomic E-state index is 14.9. The van der Waals surface area contributed by atoms with Crippen molar-refractivity contribution in [3.63, 3.8) is 0 Å². The van der Waals surface area contributed by atoms with Gasteiger partial charge in [-0.3, -0.25) is 4.79 Å². The van der Waals surface area contributed by atoms with Gasteiger partial charge in [0.05, 0.1) is 23.4 Å². The Morgan fingerprint density at radius 2 is 1.83 bits per heavy atom. The van der Waals surface area contributed by atoms with Crippen LogP contribution in [0.5, 0.6) is 0 Å². The number of hydrogen-bond donors (Lipinski definition) is 2. The standard InChI is InChI=1S/C28H27F2N3O2S/c1-17(33-10-12-36-13-11-33)31-20-8-6-19-15-26(34)27(23(19)16-20)32-28(35)22-9-7-18(14-25(22)30)21-4-2-3-5-24(21)29/h2-9,14,16,26-27,34H,10-13,15H2,1H3,(H,32,35)/b31-17+/t26-,27-/m1/s1. The van der Waals surface area contributed by atoms with E-state index in [9.17, 15) is 18.7 Å². The quantitative estimate of drug-likeness (QED) is 0.380. The van der Waals surface area contributed by atoms with Gasteiger partial charge < -0.3 is 15.3 Å². The van der Waals surface area contributed by atoms with Crippen molar-refractivity contribution in [3.8, 4) is 11.1 Å². The van der Waals surface area contributed by atoms with Crippen molar-refractivity contribution in [3.05, 3.63) is 89.0 Å². The molecule has 0 saturated carbocycles. The van der Waals surface area contributed by atoms with Crippen molar-refractivity contribution < 1.29 is 18.7 Å². The van der Waals surface area contributed by atoms with Gasteiger partial charge in [-0.2, -0.15) is 11.8 Å². The third-order valence-corrected chi connectivity index (χ3v) is 7.67. The normalized spacial score (nSPS) is 19.8. The number of thioether (sulfide) groups is 1. The van der Waals surface area contributed by atoms with Crippen LogP contribution in [0.3, 0.4) is 0 Å². The van der Waals surface area contributed by atoms with Gasteiger partial charge in [-0.1, -0.05) is 30.3 Å². The van der Waals surface area contributed by atoms with Crippen LogP contribution in [0.4, 0.5) is 14.5 Å². The Kier molecular flexibility index (Phi) is 7.07. The smallest absolute Gasteiger partial charge is 0.254 e. The van der Waals surface area contributed by atoms with E-state index in [0.29, 0.717) is 12.0 Å². The average molecular weight is 508 g/mol. The lowest BCUT2D eigenvalue weighted by Gasteiger charge is -2.28. The zero-order chi connectivity index (χ0) is 25.2. The fourth-order valence-corrected chi connectivity index (χ4v) is 5.68. The van der Waals surface area contributed by atoms with Gasteiger partial charge in [0.25, 0.3) is 5.91 Å². The molecule has 1 fully saturated rings. The average Bonchev–Trinajstić information content (AvgIpc) is 3.19. The van der Waals surface area contributed by atoms with Crippen molar-refractivity contribution in [1.82, 2.24) is 10.2 Å². The Balaban J connectivity index is 1.36. The molecular formula is C28H27F2N3O2S. The van der Waals surface area contributed by atoms with Crippen LogP contribution in [0.25, 0.3) is 11.1 Å². The van der Waals surface area contributed by atoms with E-state index in [-0.39, 0.29) is 11.1 Å². The highest BCUT2D eigenvalue weighted by molar-refractivity contribution is 7.99. The molecule has 36 heavy (non-hydrogen) atoms. The van der Waals surface area contributed by atoms with Crippen LogP contribution in [0.2, 0.25) is 0 Å². The highest BCUT2D eigenvalue weighted by Gasteiger charge is 2.33. The number of nitrogens with one attached hydrogen (secondary N) is 1. The number of nitrogens with zero attached hydrogens (tertiary/aromatic N) is 2. The second kappa shape index (κ2) is 10.4. The van der Waals surface area contributed by atoms with E-state index in [0.717, 1.165) is 53.3 Å². The SMILES string of the molecule is C/C(=N\c1ccc2c(c1)[C@@H](NC(=O)c1ccc(-c3ccccc3F)cc1F)[C@H](O)C2)N1CCSCC1. The molecule has 186 valence electrons. The molecule has 0 aromatic heterocycles. The van der Waals surface area contributed by atoms with E-state index in [1.54, 1.807) is 18.2 Å². The van der Waals surface area contributed by atoms with Crippen LogP contribution in [0.15, 0.2) is 65.7 Å². The lowest BCUT2D eigenvalue weighted by atomic mass is 10.0. The molecular weight excluding hydrogens is 480 g/mol. The lowest BCUT2D eigenvalue weighted by Crippen LogP contribution is -2.36. The first-order valence-corrected chi connectivity index (χ1v) is 13.1. The van der Waals surface area contributed by atoms with Crippen LogP contribution in [-0.2, 0) is 6.42 Å². The molecule has 1 saturated heterocycles. The predicted molar refractivity (Wildman–Crippen MR) is 140 cm³/mol. The summed E-state index contributed by atoms with van der Waals surface area (Å²) in [4.78, 5) is 20.0. The van der Waals surface area contributed by atoms with Gasteiger partial charge in [0.1, 0.15) is 17.5 Å². The first-order valence-electron chi connectivity index (χ1n) is 11.9. The molecule has 5 nitrogen and oxygen atoms in total. The Labute approximate surface area is 213 Å². The van der Waals surface area contributed by atoms with Gasteiger partial charge >= 0.3 is 0 Å². The zero-order valence-corrected chi connectivity index (χ0v) is 20.7. The molecule has 0 radical (unpaired) electrons. The maximum Gasteiger partial charge on any atom is 0.254 e. The highest BCUT2D eigenvalue weighted by Crippen LogP contribution is 2.35. The minimum absolute atomic E-state index is 0.163. The summed E-state index contributed by atoms with van der Waals surface area (Å²) in [6.07, 6.45) is -0.439. The van der Waals surface area contributed by atoms with E-state index >= 15 is 0 Å². The fraction of sp³-hybridized carbons (Fsp3) is 0.286. The van der Waals surface area contributed by atoms with Crippen molar-refractivity contribution in [1.29, 1.82) is 0 Å². The van der Waals surface area contributed by atoms with E-state index in [1.165, 1.54) is 18.2 Å². The van der Waals surface area contributed by atoms with Crippen LogP contribution < -0.4 is 5.32 Å². The Hall–Kier alpha value is -3.23. The van der Waals surface area contributed by atoms with Crippen molar-refractivity contribution in [2.75, 3.05) is 24.6 Å². The third kappa shape index (κ3) is 5.01. The number of amidine groups is 1. The van der Waals surface area contributed by atoms with E-state index in [2.05, 4.69) is 10.2 Å². The summed E-state index contributed by atoms with van der Waals surface area (Å²) in [5, 5.41) is 13.5. The van der Waals surface area contributed by atoms with Crippen LogP contribution in [0.1, 0.15) is 34.5 Å². The Morgan fingerprint density at radius 3 is 2.58 bits per heavy atom. The molecule has 3 aromatic rings. The van der Waals surface area contributed by atoms with E-state index in [4.69, 9.17) is 4.99 Å². The molecule has 0 bridgehead atoms. The molecule has 0 spiro atoms. The summed E-state index contributed by atoms with van der Waals surface area (Å²) < 4.78 is 29.0. The number of halogens is 2. The van der Waals surface area contributed by atoms with Crippen molar-refractivity contribution in [2.24, 2.45) is 4.99 Å². The number of fused-ring (bicyclic) bond motifs is 1. The molecule has 3 aromatic carbocycles. The first-order chi connectivity index (χ1) is 17.4. The van der Waals surface area contributed by atoms with Gasteiger partial charge in [-0.05, 0) is 53.9 Å². The van der Waals surface area contributed by atoms with Crippen molar-refractivity contribution in [2.45, 2.75) is 25.5 Å². The number of aliphatic hydroxyl groups excluding tert-OH is 1. The number of amides is 1. The van der Waals surface area contributed by atoms with Gasteiger partial charge in [0.2, 0.25) is 0 Å². The summed E-state index contributed by atoms with van der Waals surface area (Å²) in [6, 6.07) is 15.1. The second-order valence-corrected chi connectivity index (χ2v) is 10.3. The summed E-state index contributed by atoms with van der Waals surface area (Å²) in [6.45, 7) is 3.91. The van der Waals surface area contributed by atoms with Gasteiger partial charge in [-0.15, -0.1) is 0 Å². The number of benzene rings is 3. The molecule has 2 atom stereocenters. The Morgan fingerprint density at radius 1 is 1.06 bits per heavy atom. The first kappa shape index (κ1) is 24.5. The zero-order valence-electron chi connectivity index (χ0n) is 19.9. The minimum atomic E-state index is -0.829. The highest BCUT2D eigenvalue weighted by atomic mass is 32.2. The van der Waals surface area contributed by atoms with Crippen molar-refractivity contribution >= 4 is 29.2 Å². The van der Waals surface area contributed by atoms with Crippen LogP contribution in [-0.4, -0.2) is 52.4 Å². The number of carbonyl (C=O) groups is 1.